The van der Waals surface area contributed by atoms with E-state index in [1.165, 1.54) is 6.21 Å². The van der Waals surface area contributed by atoms with E-state index in [2.05, 4.69) is 25.8 Å². The Hall–Kier alpha value is -3.03. The summed E-state index contributed by atoms with van der Waals surface area (Å²) in [6.07, 6.45) is 4.06. The average molecular weight is 343 g/mol. The Morgan fingerprint density at radius 3 is 2.56 bits per heavy atom. The molecule has 8 heteroatoms. The molecule has 8 nitrogen and oxygen atoms in total. The highest BCUT2D eigenvalue weighted by atomic mass is 16.6. The summed E-state index contributed by atoms with van der Waals surface area (Å²) in [6.45, 7) is 6.78. The predicted octanol–water partition coefficient (Wildman–Crippen LogP) is 1.99. The molecule has 0 aliphatic rings. The molecular formula is C17H21N5O3. The van der Waals surface area contributed by atoms with Crippen LogP contribution in [-0.2, 0) is 9.53 Å². The molecule has 2 aromatic rings. The largest absolute Gasteiger partial charge is 0.444 e. The Labute approximate surface area is 145 Å². The van der Waals surface area contributed by atoms with Crippen molar-refractivity contribution in [2.45, 2.75) is 39.3 Å². The summed E-state index contributed by atoms with van der Waals surface area (Å²) < 4.78 is 5.09. The SMILES string of the molecule is C[C@H](NC(=O)OC(C)(C)C)C(=O)NN=Cc1ccc2nccnc2c1. The molecule has 0 saturated carbocycles. The summed E-state index contributed by atoms with van der Waals surface area (Å²) in [5.74, 6) is -0.456. The number of carbonyl (C=O) groups is 2. The van der Waals surface area contributed by atoms with E-state index in [-0.39, 0.29) is 0 Å². The zero-order chi connectivity index (χ0) is 18.4. The number of ether oxygens (including phenoxy) is 1. The van der Waals surface area contributed by atoms with E-state index < -0.39 is 23.6 Å². The smallest absolute Gasteiger partial charge is 0.408 e. The highest BCUT2D eigenvalue weighted by Gasteiger charge is 2.20. The third-order valence-corrected chi connectivity index (χ3v) is 3.01. The summed E-state index contributed by atoms with van der Waals surface area (Å²) in [5, 5.41) is 6.33. The third kappa shape index (κ3) is 5.83. The van der Waals surface area contributed by atoms with Gasteiger partial charge in [0, 0.05) is 12.4 Å². The Kier molecular flexibility index (Phi) is 5.63. The van der Waals surface area contributed by atoms with Gasteiger partial charge < -0.3 is 10.1 Å². The van der Waals surface area contributed by atoms with Crippen LogP contribution in [-0.4, -0.2) is 39.8 Å². The van der Waals surface area contributed by atoms with Gasteiger partial charge in [0.05, 0.1) is 17.2 Å². The van der Waals surface area contributed by atoms with Crippen molar-refractivity contribution in [2.24, 2.45) is 5.10 Å². The van der Waals surface area contributed by atoms with Gasteiger partial charge in [0.1, 0.15) is 11.6 Å². The van der Waals surface area contributed by atoms with Crippen LogP contribution >= 0.6 is 0 Å². The molecule has 1 aromatic carbocycles. The van der Waals surface area contributed by atoms with Gasteiger partial charge in [0.15, 0.2) is 0 Å². The monoisotopic (exact) mass is 343 g/mol. The molecule has 0 radical (unpaired) electrons. The normalized spacial score (nSPS) is 12.8. The van der Waals surface area contributed by atoms with Crippen LogP contribution in [0.5, 0.6) is 0 Å². The molecule has 1 aromatic heterocycles. The van der Waals surface area contributed by atoms with Crippen molar-refractivity contribution in [1.82, 2.24) is 20.7 Å². The lowest BCUT2D eigenvalue weighted by Crippen LogP contribution is -2.45. The molecule has 1 heterocycles. The number of benzene rings is 1. The first-order valence-electron chi connectivity index (χ1n) is 7.78. The maximum absolute atomic E-state index is 11.9. The van der Waals surface area contributed by atoms with Crippen molar-refractivity contribution in [3.8, 4) is 0 Å². The van der Waals surface area contributed by atoms with Crippen LogP contribution in [0, 0.1) is 0 Å². The second kappa shape index (κ2) is 7.69. The molecule has 132 valence electrons. The van der Waals surface area contributed by atoms with Crippen LogP contribution < -0.4 is 10.7 Å². The minimum Gasteiger partial charge on any atom is -0.444 e. The lowest BCUT2D eigenvalue weighted by Gasteiger charge is -2.21. The van der Waals surface area contributed by atoms with Crippen molar-refractivity contribution < 1.29 is 14.3 Å². The Morgan fingerprint density at radius 1 is 1.20 bits per heavy atom. The number of nitrogens with one attached hydrogen (secondary N) is 2. The number of alkyl carbamates (subject to hydrolysis) is 1. The van der Waals surface area contributed by atoms with E-state index >= 15 is 0 Å². The molecule has 2 N–H and O–H groups in total. The van der Waals surface area contributed by atoms with E-state index in [1.54, 1.807) is 46.2 Å². The second-order valence-electron chi connectivity index (χ2n) is 6.41. The summed E-state index contributed by atoms with van der Waals surface area (Å²) in [5.41, 5.74) is 4.02. The van der Waals surface area contributed by atoms with Crippen molar-refractivity contribution >= 4 is 29.2 Å². The van der Waals surface area contributed by atoms with Crippen molar-refractivity contribution in [2.75, 3.05) is 0 Å². The van der Waals surface area contributed by atoms with Crippen LogP contribution in [0.4, 0.5) is 4.79 Å². The first-order valence-corrected chi connectivity index (χ1v) is 7.78. The van der Waals surface area contributed by atoms with E-state index in [9.17, 15) is 9.59 Å². The molecule has 25 heavy (non-hydrogen) atoms. The second-order valence-corrected chi connectivity index (χ2v) is 6.41. The third-order valence-electron chi connectivity index (χ3n) is 3.01. The van der Waals surface area contributed by atoms with Gasteiger partial charge in [-0.1, -0.05) is 6.07 Å². The van der Waals surface area contributed by atoms with E-state index in [0.29, 0.717) is 0 Å². The number of hydrogen-bond donors (Lipinski definition) is 2. The number of hydrazone groups is 1. The highest BCUT2D eigenvalue weighted by molar-refractivity contribution is 5.89. The number of fused-ring (bicyclic) bond motifs is 1. The van der Waals surface area contributed by atoms with Gasteiger partial charge in [-0.2, -0.15) is 5.10 Å². The number of rotatable bonds is 4. The Bertz CT molecular complexity index is 798. The number of aromatic nitrogens is 2. The van der Waals surface area contributed by atoms with Gasteiger partial charge in [-0.15, -0.1) is 0 Å². The Balaban J connectivity index is 1.89. The zero-order valence-electron chi connectivity index (χ0n) is 14.6. The fourth-order valence-corrected chi connectivity index (χ4v) is 1.88. The maximum Gasteiger partial charge on any atom is 0.408 e. The average Bonchev–Trinajstić information content (AvgIpc) is 2.52. The lowest BCUT2D eigenvalue weighted by atomic mass is 10.2. The van der Waals surface area contributed by atoms with Gasteiger partial charge in [0.25, 0.3) is 5.91 Å². The van der Waals surface area contributed by atoms with Crippen molar-refractivity contribution in [1.29, 1.82) is 0 Å². The molecule has 0 aliphatic carbocycles. The van der Waals surface area contributed by atoms with Gasteiger partial charge in [-0.05, 0) is 45.4 Å². The lowest BCUT2D eigenvalue weighted by molar-refractivity contribution is -0.122. The molecule has 2 rings (SSSR count). The predicted molar refractivity (Wildman–Crippen MR) is 94.1 cm³/mol. The van der Waals surface area contributed by atoms with E-state index in [1.807, 2.05) is 12.1 Å². The van der Waals surface area contributed by atoms with Crippen LogP contribution in [0.2, 0.25) is 0 Å². The molecule has 1 atom stereocenters. The number of amides is 2. The quantitative estimate of drug-likeness (QED) is 0.652. The van der Waals surface area contributed by atoms with Crippen LogP contribution in [0.3, 0.4) is 0 Å². The molecule has 0 spiro atoms. The van der Waals surface area contributed by atoms with E-state index in [4.69, 9.17) is 4.74 Å². The number of carbonyl (C=O) groups excluding carboxylic acids is 2. The molecule has 0 fully saturated rings. The standard InChI is InChI=1S/C17H21N5O3/c1-11(21-16(24)25-17(2,3)4)15(23)22-20-10-12-5-6-13-14(9-12)19-8-7-18-13/h5-11H,1-4H3,(H,21,24)(H,22,23)/t11-/m0/s1. The van der Waals surface area contributed by atoms with Crippen molar-refractivity contribution in [3.05, 3.63) is 36.2 Å². The topological polar surface area (TPSA) is 106 Å². The Morgan fingerprint density at radius 2 is 1.88 bits per heavy atom. The highest BCUT2D eigenvalue weighted by Crippen LogP contribution is 2.09. The van der Waals surface area contributed by atoms with Gasteiger partial charge in [-0.3, -0.25) is 14.8 Å². The summed E-state index contributed by atoms with van der Waals surface area (Å²) >= 11 is 0. The number of nitrogens with zero attached hydrogens (tertiary/aromatic N) is 3. The minimum absolute atomic E-state index is 0.456. The zero-order valence-corrected chi connectivity index (χ0v) is 14.6. The summed E-state index contributed by atoms with van der Waals surface area (Å²) in [7, 11) is 0. The molecule has 0 aliphatic heterocycles. The fraction of sp³-hybridized carbons (Fsp3) is 0.353. The van der Waals surface area contributed by atoms with Crippen LogP contribution in [0.25, 0.3) is 11.0 Å². The first-order chi connectivity index (χ1) is 11.7. The molecule has 0 saturated heterocycles. The van der Waals surface area contributed by atoms with Gasteiger partial charge in [-0.25, -0.2) is 10.2 Å². The summed E-state index contributed by atoms with van der Waals surface area (Å²) in [4.78, 5) is 31.9. The van der Waals surface area contributed by atoms with Crippen molar-refractivity contribution in [3.63, 3.8) is 0 Å². The van der Waals surface area contributed by atoms with Gasteiger partial charge in [0.2, 0.25) is 0 Å². The summed E-state index contributed by atoms with van der Waals surface area (Å²) in [6, 6.07) is 4.66. The number of hydrogen-bond acceptors (Lipinski definition) is 6. The minimum atomic E-state index is -0.783. The fourth-order valence-electron chi connectivity index (χ4n) is 1.88. The van der Waals surface area contributed by atoms with Gasteiger partial charge >= 0.3 is 6.09 Å². The molecular weight excluding hydrogens is 322 g/mol. The van der Waals surface area contributed by atoms with Crippen LogP contribution in [0.15, 0.2) is 35.7 Å². The molecule has 2 amide bonds. The molecule has 0 unspecified atom stereocenters. The molecule has 0 bridgehead atoms. The maximum atomic E-state index is 11.9. The first kappa shape index (κ1) is 18.3. The van der Waals surface area contributed by atoms with E-state index in [0.717, 1.165) is 16.6 Å². The van der Waals surface area contributed by atoms with Crippen LogP contribution in [0.1, 0.15) is 33.3 Å².